The van der Waals surface area contributed by atoms with Crippen molar-refractivity contribution in [3.05, 3.63) is 70.0 Å². The number of carbonyl (C=O) groups excluding carboxylic acids is 2. The highest BCUT2D eigenvalue weighted by Gasteiger charge is 2.74. The van der Waals surface area contributed by atoms with Crippen LogP contribution in [0.1, 0.15) is 53.7 Å². The molecule has 49 heavy (non-hydrogen) atoms. The molecule has 2 fully saturated rings. The van der Waals surface area contributed by atoms with Crippen molar-refractivity contribution < 1.29 is 71.0 Å². The Morgan fingerprint density at radius 1 is 0.878 bits per heavy atom. The van der Waals surface area contributed by atoms with Gasteiger partial charge in [0.1, 0.15) is 17.9 Å². The standard InChI is InChI=1S/C30H35F7N4O8/c1-15-11-21(31)5-6-22(15)23-26(44,45)24(40-9-7-39(8-10-40)17(3)42)27(46,47)30(48,49)41(23)25(43)38(4)16(2)18-12-19(28(32,33)34)14-20(13-18)29(35,36)37/h5-6,11-14,16,23-24,44-49H,7-10H2,1-4H3. The van der Waals surface area contributed by atoms with Crippen molar-refractivity contribution in [1.29, 1.82) is 0 Å². The van der Waals surface area contributed by atoms with Crippen LogP contribution in [0.5, 0.6) is 0 Å². The average molecular weight is 713 g/mol. The summed E-state index contributed by atoms with van der Waals surface area (Å²) in [6, 6.07) is -5.20. The highest BCUT2D eigenvalue weighted by Crippen LogP contribution is 2.51. The van der Waals surface area contributed by atoms with Crippen molar-refractivity contribution in [2.24, 2.45) is 0 Å². The monoisotopic (exact) mass is 712 g/mol. The fourth-order valence-corrected chi connectivity index (χ4v) is 6.33. The first-order valence-electron chi connectivity index (χ1n) is 14.7. The topological polar surface area (TPSA) is 168 Å². The van der Waals surface area contributed by atoms with Gasteiger partial charge in [-0.2, -0.15) is 26.3 Å². The van der Waals surface area contributed by atoms with Gasteiger partial charge >= 0.3 is 24.3 Å². The second-order valence-electron chi connectivity index (χ2n) is 12.3. The number of alkyl halides is 6. The number of amides is 3. The maximum absolute atomic E-state index is 14.2. The summed E-state index contributed by atoms with van der Waals surface area (Å²) in [6.07, 6.45) is -10.5. The number of benzene rings is 2. The third kappa shape index (κ3) is 6.80. The van der Waals surface area contributed by atoms with Crippen LogP contribution in [0.3, 0.4) is 0 Å². The summed E-state index contributed by atoms with van der Waals surface area (Å²) in [6.45, 7) is 2.77. The Bertz CT molecular complexity index is 1560. The highest BCUT2D eigenvalue weighted by atomic mass is 19.4. The van der Waals surface area contributed by atoms with Gasteiger partial charge in [0.15, 0.2) is 0 Å². The van der Waals surface area contributed by atoms with E-state index in [9.17, 15) is 71.0 Å². The van der Waals surface area contributed by atoms with E-state index in [1.807, 2.05) is 0 Å². The molecule has 2 heterocycles. The Morgan fingerprint density at radius 3 is 1.84 bits per heavy atom. The van der Waals surface area contributed by atoms with Crippen molar-refractivity contribution in [2.45, 2.75) is 68.7 Å². The number of halogens is 7. The summed E-state index contributed by atoms with van der Waals surface area (Å²) in [5.74, 6) is -13.0. The van der Waals surface area contributed by atoms with Gasteiger partial charge in [-0.15, -0.1) is 0 Å². The molecule has 2 aliphatic rings. The number of piperazine rings is 1. The molecule has 3 amide bonds. The van der Waals surface area contributed by atoms with Crippen LogP contribution < -0.4 is 0 Å². The van der Waals surface area contributed by atoms with E-state index < -0.39 is 76.5 Å². The summed E-state index contributed by atoms with van der Waals surface area (Å²) in [5.41, 5.74) is -4.65. The van der Waals surface area contributed by atoms with E-state index in [2.05, 4.69) is 0 Å². The van der Waals surface area contributed by atoms with Crippen LogP contribution >= 0.6 is 0 Å². The lowest BCUT2D eigenvalue weighted by molar-refractivity contribution is -0.482. The molecule has 2 aliphatic heterocycles. The van der Waals surface area contributed by atoms with Crippen molar-refractivity contribution in [1.82, 2.24) is 19.6 Å². The van der Waals surface area contributed by atoms with Gasteiger partial charge in [0.05, 0.1) is 17.2 Å². The molecule has 3 unspecified atom stereocenters. The van der Waals surface area contributed by atoms with E-state index in [-0.39, 0.29) is 54.2 Å². The average Bonchev–Trinajstić information content (AvgIpc) is 2.97. The van der Waals surface area contributed by atoms with Gasteiger partial charge < -0.3 is 40.4 Å². The Labute approximate surface area is 274 Å². The molecular weight excluding hydrogens is 677 g/mol. The molecule has 0 radical (unpaired) electrons. The molecule has 0 aliphatic carbocycles. The molecule has 0 saturated carbocycles. The quantitative estimate of drug-likeness (QED) is 0.205. The molecule has 272 valence electrons. The number of hydrogen-bond donors (Lipinski definition) is 6. The van der Waals surface area contributed by atoms with E-state index in [0.29, 0.717) is 17.0 Å². The molecule has 2 saturated heterocycles. The fourth-order valence-electron chi connectivity index (χ4n) is 6.33. The molecule has 3 atom stereocenters. The number of aliphatic hydroxyl groups is 6. The Balaban J connectivity index is 1.87. The van der Waals surface area contributed by atoms with E-state index in [1.165, 1.54) is 18.7 Å². The van der Waals surface area contributed by atoms with E-state index in [4.69, 9.17) is 0 Å². The minimum absolute atomic E-state index is 0.0815. The molecule has 2 aromatic rings. The largest absolute Gasteiger partial charge is 0.416 e. The molecular formula is C30H35F7N4O8. The summed E-state index contributed by atoms with van der Waals surface area (Å²) in [7, 11) is 0.825. The second kappa shape index (κ2) is 12.6. The normalized spacial score (nSPS) is 23.3. The van der Waals surface area contributed by atoms with Crippen molar-refractivity contribution >= 4 is 11.9 Å². The zero-order chi connectivity index (χ0) is 37.2. The first-order valence-corrected chi connectivity index (χ1v) is 14.7. The van der Waals surface area contributed by atoms with Crippen LogP contribution in [0.4, 0.5) is 35.5 Å². The molecule has 6 N–H and O–H groups in total. The summed E-state index contributed by atoms with van der Waals surface area (Å²) in [4.78, 5) is 28.6. The Morgan fingerprint density at radius 2 is 1.39 bits per heavy atom. The van der Waals surface area contributed by atoms with E-state index in [1.54, 1.807) is 0 Å². The maximum atomic E-state index is 14.2. The second-order valence-corrected chi connectivity index (χ2v) is 12.3. The van der Waals surface area contributed by atoms with Crippen LogP contribution in [0.2, 0.25) is 0 Å². The fraction of sp³-hybridized carbons (Fsp3) is 0.533. The SMILES string of the molecule is CC(=O)N1CCN(C2C(O)(O)C(c3ccc(F)cc3C)N(C(=O)N(C)C(C)c3cc(C(F)(F)F)cc(C(F)(F)F)c3)C(O)(O)C2(O)O)CC1. The number of likely N-dealkylation sites (tertiary alicyclic amines) is 1. The molecule has 0 bridgehead atoms. The lowest BCUT2D eigenvalue weighted by Gasteiger charge is -2.61. The number of hydrogen-bond acceptors (Lipinski definition) is 9. The zero-order valence-corrected chi connectivity index (χ0v) is 26.5. The van der Waals surface area contributed by atoms with Crippen molar-refractivity contribution in [2.75, 3.05) is 33.2 Å². The molecule has 2 aromatic carbocycles. The van der Waals surface area contributed by atoms with Gasteiger partial charge in [-0.25, -0.2) is 9.18 Å². The number of nitrogens with zero attached hydrogens (tertiary/aromatic N) is 4. The third-order valence-corrected chi connectivity index (χ3v) is 9.11. The van der Waals surface area contributed by atoms with Crippen LogP contribution in [-0.2, 0) is 17.1 Å². The zero-order valence-electron chi connectivity index (χ0n) is 26.5. The number of aryl methyl sites for hydroxylation is 1. The van der Waals surface area contributed by atoms with Gasteiger partial charge in [-0.1, -0.05) is 6.07 Å². The van der Waals surface area contributed by atoms with Crippen LogP contribution in [0.25, 0.3) is 0 Å². The molecule has 4 rings (SSSR count). The van der Waals surface area contributed by atoms with Gasteiger partial charge in [0, 0.05) is 40.2 Å². The minimum atomic E-state index is -5.26. The Hall–Kier alpha value is -3.59. The molecule has 12 nitrogen and oxygen atoms in total. The van der Waals surface area contributed by atoms with Crippen LogP contribution in [0.15, 0.2) is 36.4 Å². The van der Waals surface area contributed by atoms with Crippen molar-refractivity contribution in [3.8, 4) is 0 Å². The number of urea groups is 1. The lowest BCUT2D eigenvalue weighted by atomic mass is 9.77. The smallest absolute Gasteiger partial charge is 0.362 e. The molecule has 0 spiro atoms. The van der Waals surface area contributed by atoms with Crippen LogP contribution in [-0.4, -0.2) is 119 Å². The third-order valence-electron chi connectivity index (χ3n) is 9.11. The summed E-state index contributed by atoms with van der Waals surface area (Å²) in [5, 5.41) is 69.0. The summed E-state index contributed by atoms with van der Waals surface area (Å²) < 4.78 is 95.7. The van der Waals surface area contributed by atoms with E-state index >= 15 is 0 Å². The number of rotatable bonds is 4. The molecule has 19 heteroatoms. The lowest BCUT2D eigenvalue weighted by Crippen LogP contribution is -2.85. The number of carbonyl (C=O) groups is 2. The first kappa shape index (κ1) is 38.2. The Kier molecular flexibility index (Phi) is 9.85. The predicted molar refractivity (Wildman–Crippen MR) is 153 cm³/mol. The molecule has 0 aromatic heterocycles. The predicted octanol–water partition coefficient (Wildman–Crippen LogP) is 1.87. The first-order chi connectivity index (χ1) is 22.2. The van der Waals surface area contributed by atoms with Gasteiger partial charge in [0.25, 0.3) is 5.79 Å². The number of piperidine rings is 1. The summed E-state index contributed by atoms with van der Waals surface area (Å²) >= 11 is 0. The van der Waals surface area contributed by atoms with Gasteiger partial charge in [-0.05, 0) is 60.9 Å². The van der Waals surface area contributed by atoms with E-state index in [0.717, 1.165) is 37.1 Å². The van der Waals surface area contributed by atoms with Gasteiger partial charge in [-0.3, -0.25) is 14.6 Å². The maximum Gasteiger partial charge on any atom is 0.416 e. The van der Waals surface area contributed by atoms with Crippen LogP contribution in [0, 0.1) is 12.7 Å². The minimum Gasteiger partial charge on any atom is -0.362 e. The van der Waals surface area contributed by atoms with Crippen molar-refractivity contribution in [3.63, 3.8) is 0 Å². The highest BCUT2D eigenvalue weighted by molar-refractivity contribution is 5.77. The van der Waals surface area contributed by atoms with Gasteiger partial charge in [0.2, 0.25) is 11.7 Å².